The Kier molecular flexibility index (Phi) is 8.95. The summed E-state index contributed by atoms with van der Waals surface area (Å²) < 4.78 is 5.41. The van der Waals surface area contributed by atoms with Gasteiger partial charge in [0.2, 0.25) is 11.8 Å². The van der Waals surface area contributed by atoms with Gasteiger partial charge in [0.15, 0.2) is 0 Å². The van der Waals surface area contributed by atoms with E-state index in [9.17, 15) is 14.4 Å². The number of benzene rings is 2. The molecule has 0 spiro atoms. The normalized spacial score (nSPS) is 19.6. The number of hydrogen-bond donors (Lipinski definition) is 1. The van der Waals surface area contributed by atoms with Crippen LogP contribution in [0.25, 0.3) is 0 Å². The van der Waals surface area contributed by atoms with E-state index in [0.29, 0.717) is 44.6 Å². The molecule has 8 nitrogen and oxygen atoms in total. The van der Waals surface area contributed by atoms with E-state index in [4.69, 9.17) is 4.74 Å². The maximum Gasteiger partial charge on any atom is 0.254 e. The first-order chi connectivity index (χ1) is 18.6. The fourth-order valence-electron chi connectivity index (χ4n) is 5.40. The molecule has 0 radical (unpaired) electrons. The molecule has 2 heterocycles. The van der Waals surface area contributed by atoms with Gasteiger partial charge in [0.25, 0.3) is 5.91 Å². The van der Waals surface area contributed by atoms with Gasteiger partial charge in [0.05, 0.1) is 13.2 Å². The van der Waals surface area contributed by atoms with Crippen molar-refractivity contribution < 1.29 is 19.1 Å². The molecule has 4 rings (SSSR count). The first-order valence-electron chi connectivity index (χ1n) is 13.9. The van der Waals surface area contributed by atoms with E-state index in [-0.39, 0.29) is 29.2 Å². The third-order valence-electron chi connectivity index (χ3n) is 7.48. The Bertz CT molecular complexity index is 1170. The molecule has 39 heavy (non-hydrogen) atoms. The summed E-state index contributed by atoms with van der Waals surface area (Å²) in [5, 5.41) is 3.29. The van der Waals surface area contributed by atoms with Gasteiger partial charge in [0, 0.05) is 51.3 Å². The fraction of sp³-hybridized carbons (Fsp3) is 0.516. The number of piperazine rings is 1. The van der Waals surface area contributed by atoms with Gasteiger partial charge in [-0.05, 0) is 48.6 Å². The molecule has 2 aromatic rings. The van der Waals surface area contributed by atoms with Crippen molar-refractivity contribution in [1.29, 1.82) is 0 Å². The summed E-state index contributed by atoms with van der Waals surface area (Å²) in [6.45, 7) is 11.5. The number of likely N-dealkylation sites (tertiary alicyclic amines) is 1. The fourth-order valence-corrected chi connectivity index (χ4v) is 5.40. The van der Waals surface area contributed by atoms with Crippen LogP contribution in [0.3, 0.4) is 0 Å². The maximum atomic E-state index is 13.8. The van der Waals surface area contributed by atoms with Gasteiger partial charge >= 0.3 is 0 Å². The standard InChI is InChI=1S/C31H42N4O4/c1-22-9-11-24(12-10-22)29(37)35-21-25(18-27(35)30(38)33-15-13-32-14-16-33)34(28(36)19-31(2,3)4)20-23-7-6-8-26(17-23)39-5/h6-12,17,25,27,32H,13-16,18-21H2,1-5H3. The lowest BCUT2D eigenvalue weighted by atomic mass is 9.91. The second kappa shape index (κ2) is 12.2. The molecule has 1 N–H and O–H groups in total. The lowest BCUT2D eigenvalue weighted by Crippen LogP contribution is -2.53. The zero-order chi connectivity index (χ0) is 28.2. The average molecular weight is 535 g/mol. The van der Waals surface area contributed by atoms with Crippen molar-refractivity contribution in [1.82, 2.24) is 20.0 Å². The molecule has 2 aromatic carbocycles. The van der Waals surface area contributed by atoms with Crippen LogP contribution in [0.4, 0.5) is 0 Å². The van der Waals surface area contributed by atoms with Gasteiger partial charge in [-0.25, -0.2) is 0 Å². The first kappa shape index (κ1) is 28.6. The van der Waals surface area contributed by atoms with Crippen LogP contribution < -0.4 is 10.1 Å². The van der Waals surface area contributed by atoms with Gasteiger partial charge in [-0.3, -0.25) is 14.4 Å². The van der Waals surface area contributed by atoms with E-state index < -0.39 is 6.04 Å². The Hall–Kier alpha value is -3.39. The van der Waals surface area contributed by atoms with Crippen LogP contribution in [0.5, 0.6) is 5.75 Å². The maximum absolute atomic E-state index is 13.8. The molecular formula is C31H42N4O4. The third kappa shape index (κ3) is 7.18. The summed E-state index contributed by atoms with van der Waals surface area (Å²) in [5.41, 5.74) is 2.37. The van der Waals surface area contributed by atoms with Crippen LogP contribution in [0.15, 0.2) is 48.5 Å². The van der Waals surface area contributed by atoms with Crippen LogP contribution in [0.2, 0.25) is 0 Å². The lowest BCUT2D eigenvalue weighted by molar-refractivity contribution is -0.137. The van der Waals surface area contributed by atoms with E-state index in [0.717, 1.165) is 30.0 Å². The van der Waals surface area contributed by atoms with Crippen molar-refractivity contribution in [2.45, 2.75) is 59.2 Å². The number of aryl methyl sites for hydroxylation is 1. The highest BCUT2D eigenvalue weighted by molar-refractivity contribution is 5.98. The summed E-state index contributed by atoms with van der Waals surface area (Å²) in [6.07, 6.45) is 0.788. The number of amides is 3. The summed E-state index contributed by atoms with van der Waals surface area (Å²) in [5.74, 6) is 0.540. The zero-order valence-electron chi connectivity index (χ0n) is 23.9. The number of hydrogen-bond acceptors (Lipinski definition) is 5. The summed E-state index contributed by atoms with van der Waals surface area (Å²) in [4.78, 5) is 46.8. The number of rotatable bonds is 7. The van der Waals surface area contributed by atoms with Gasteiger partial charge in [-0.15, -0.1) is 0 Å². The van der Waals surface area contributed by atoms with Crippen LogP contribution in [-0.2, 0) is 16.1 Å². The van der Waals surface area contributed by atoms with Crippen molar-refractivity contribution >= 4 is 17.7 Å². The number of carbonyl (C=O) groups is 3. The summed E-state index contributed by atoms with van der Waals surface area (Å²) in [6, 6.07) is 14.3. The predicted molar refractivity (Wildman–Crippen MR) is 151 cm³/mol. The molecule has 2 fully saturated rings. The molecule has 210 valence electrons. The Morgan fingerprint density at radius 1 is 1.05 bits per heavy atom. The van der Waals surface area contributed by atoms with Crippen molar-refractivity contribution in [2.75, 3.05) is 39.8 Å². The molecule has 2 saturated heterocycles. The van der Waals surface area contributed by atoms with Gasteiger partial charge < -0.3 is 24.8 Å². The topological polar surface area (TPSA) is 82.2 Å². The monoisotopic (exact) mass is 534 g/mol. The number of methoxy groups -OCH3 is 1. The highest BCUT2D eigenvalue weighted by Crippen LogP contribution is 2.30. The number of ether oxygens (including phenoxy) is 1. The van der Waals surface area contributed by atoms with E-state index in [1.54, 1.807) is 12.0 Å². The van der Waals surface area contributed by atoms with Gasteiger partial charge in [0.1, 0.15) is 11.8 Å². The SMILES string of the molecule is COc1cccc(CN(C(=O)CC(C)(C)C)C2CC(C(=O)N3CCNCC3)N(C(=O)c3ccc(C)cc3)C2)c1. The Morgan fingerprint density at radius 2 is 1.74 bits per heavy atom. The van der Waals surface area contributed by atoms with Crippen LogP contribution in [0, 0.1) is 12.3 Å². The Balaban J connectivity index is 1.66. The zero-order valence-corrected chi connectivity index (χ0v) is 23.9. The predicted octanol–water partition coefficient (Wildman–Crippen LogP) is 3.48. The smallest absolute Gasteiger partial charge is 0.254 e. The number of carbonyl (C=O) groups excluding carboxylic acids is 3. The molecule has 2 aliphatic rings. The highest BCUT2D eigenvalue weighted by atomic mass is 16.5. The second-order valence-corrected chi connectivity index (χ2v) is 11.9. The average Bonchev–Trinajstić information content (AvgIpc) is 3.36. The van der Waals surface area contributed by atoms with Crippen LogP contribution >= 0.6 is 0 Å². The Labute approximate surface area is 232 Å². The lowest BCUT2D eigenvalue weighted by Gasteiger charge is -2.32. The minimum atomic E-state index is -0.614. The van der Waals surface area contributed by atoms with Gasteiger partial charge in [-0.1, -0.05) is 50.6 Å². The summed E-state index contributed by atoms with van der Waals surface area (Å²) >= 11 is 0. The molecule has 0 bridgehead atoms. The van der Waals surface area contributed by atoms with E-state index in [1.807, 2.05) is 86.0 Å². The largest absolute Gasteiger partial charge is 0.497 e. The van der Waals surface area contributed by atoms with Crippen molar-refractivity contribution in [3.05, 3.63) is 65.2 Å². The quantitative estimate of drug-likeness (QED) is 0.588. The van der Waals surface area contributed by atoms with Crippen molar-refractivity contribution in [3.8, 4) is 5.75 Å². The minimum absolute atomic E-state index is 0.0216. The highest BCUT2D eigenvalue weighted by Gasteiger charge is 2.45. The molecule has 0 aromatic heterocycles. The molecule has 2 unspecified atom stereocenters. The minimum Gasteiger partial charge on any atom is -0.497 e. The van der Waals surface area contributed by atoms with E-state index in [2.05, 4.69) is 5.32 Å². The van der Waals surface area contributed by atoms with Crippen LogP contribution in [0.1, 0.15) is 55.1 Å². The molecule has 0 saturated carbocycles. The van der Waals surface area contributed by atoms with Crippen molar-refractivity contribution in [2.24, 2.45) is 5.41 Å². The molecule has 0 aliphatic carbocycles. The third-order valence-corrected chi connectivity index (χ3v) is 7.48. The first-order valence-corrected chi connectivity index (χ1v) is 13.9. The molecule has 8 heteroatoms. The molecular weight excluding hydrogens is 492 g/mol. The number of nitrogens with zero attached hydrogens (tertiary/aromatic N) is 3. The molecule has 2 atom stereocenters. The van der Waals surface area contributed by atoms with E-state index in [1.165, 1.54) is 0 Å². The van der Waals surface area contributed by atoms with E-state index >= 15 is 0 Å². The Morgan fingerprint density at radius 3 is 2.38 bits per heavy atom. The second-order valence-electron chi connectivity index (χ2n) is 11.9. The van der Waals surface area contributed by atoms with Gasteiger partial charge in [-0.2, -0.15) is 0 Å². The van der Waals surface area contributed by atoms with Crippen LogP contribution in [-0.4, -0.2) is 84.3 Å². The molecule has 3 amide bonds. The van der Waals surface area contributed by atoms with Crippen molar-refractivity contribution in [3.63, 3.8) is 0 Å². The number of nitrogens with one attached hydrogen (secondary N) is 1. The summed E-state index contributed by atoms with van der Waals surface area (Å²) in [7, 11) is 1.62. The molecule has 2 aliphatic heterocycles.